The highest BCUT2D eigenvalue weighted by Crippen LogP contribution is 2.16. The molecule has 0 aliphatic heterocycles. The highest BCUT2D eigenvalue weighted by Gasteiger charge is 2.15. The molecule has 20 heavy (non-hydrogen) atoms. The Morgan fingerprint density at radius 1 is 1.35 bits per heavy atom. The number of para-hydroxylation sites is 1. The molecular formula is C13H13N3O4. The lowest BCUT2D eigenvalue weighted by atomic mass is 10.1. The first kappa shape index (κ1) is 13.7. The molecule has 104 valence electrons. The number of nitrogens with one attached hydrogen (secondary N) is 1. The third kappa shape index (κ3) is 3.19. The van der Waals surface area contributed by atoms with Gasteiger partial charge in [-0.1, -0.05) is 17.3 Å². The van der Waals surface area contributed by atoms with Crippen LogP contribution in [0.25, 0.3) is 0 Å². The van der Waals surface area contributed by atoms with Crippen LogP contribution in [0.2, 0.25) is 0 Å². The van der Waals surface area contributed by atoms with Crippen LogP contribution in [0.1, 0.15) is 22.1 Å². The molecule has 2 rings (SSSR count). The van der Waals surface area contributed by atoms with Gasteiger partial charge < -0.3 is 14.6 Å². The van der Waals surface area contributed by atoms with Gasteiger partial charge in [0.1, 0.15) is 0 Å². The summed E-state index contributed by atoms with van der Waals surface area (Å²) in [5.41, 5.74) is 0.664. The number of hydrogen-bond acceptors (Lipinski definition) is 6. The summed E-state index contributed by atoms with van der Waals surface area (Å²) in [4.78, 5) is 27.4. The van der Waals surface area contributed by atoms with Gasteiger partial charge in [0.25, 0.3) is 0 Å². The van der Waals surface area contributed by atoms with Crippen molar-refractivity contribution in [3.05, 3.63) is 41.5 Å². The van der Waals surface area contributed by atoms with Gasteiger partial charge in [-0.25, -0.2) is 4.79 Å². The molecule has 0 saturated carbocycles. The maximum Gasteiger partial charge on any atom is 0.339 e. The Bertz CT molecular complexity index is 636. The van der Waals surface area contributed by atoms with E-state index in [0.29, 0.717) is 11.6 Å². The summed E-state index contributed by atoms with van der Waals surface area (Å²) in [5, 5.41) is 6.25. The van der Waals surface area contributed by atoms with Crippen LogP contribution in [0.15, 0.2) is 28.8 Å². The molecule has 1 N–H and O–H groups in total. The average molecular weight is 275 g/mol. The fraction of sp³-hybridized carbons (Fsp3) is 0.231. The fourth-order valence-electron chi connectivity index (χ4n) is 1.63. The SMILES string of the molecule is COC(=O)c1ccccc1NC(=O)Cc1noc(C)n1. The van der Waals surface area contributed by atoms with Crippen molar-refractivity contribution in [1.82, 2.24) is 10.1 Å². The van der Waals surface area contributed by atoms with E-state index in [2.05, 4.69) is 20.2 Å². The molecular weight excluding hydrogens is 262 g/mol. The largest absolute Gasteiger partial charge is 0.465 e. The van der Waals surface area contributed by atoms with Gasteiger partial charge in [-0.05, 0) is 12.1 Å². The summed E-state index contributed by atoms with van der Waals surface area (Å²) in [6, 6.07) is 6.58. The fourth-order valence-corrected chi connectivity index (χ4v) is 1.63. The smallest absolute Gasteiger partial charge is 0.339 e. The lowest BCUT2D eigenvalue weighted by Gasteiger charge is -2.08. The number of ether oxygens (including phenoxy) is 1. The second-order valence-electron chi connectivity index (χ2n) is 3.99. The van der Waals surface area contributed by atoms with E-state index in [1.165, 1.54) is 7.11 Å². The van der Waals surface area contributed by atoms with E-state index in [0.717, 1.165) is 0 Å². The molecule has 0 unspecified atom stereocenters. The van der Waals surface area contributed by atoms with Gasteiger partial charge in [0.2, 0.25) is 11.8 Å². The summed E-state index contributed by atoms with van der Waals surface area (Å²) in [6.45, 7) is 1.64. The van der Waals surface area contributed by atoms with Crippen LogP contribution in [0, 0.1) is 6.92 Å². The molecule has 2 aromatic rings. The first-order valence-corrected chi connectivity index (χ1v) is 5.86. The lowest BCUT2D eigenvalue weighted by molar-refractivity contribution is -0.115. The Morgan fingerprint density at radius 3 is 2.75 bits per heavy atom. The number of carbonyl (C=O) groups is 2. The van der Waals surface area contributed by atoms with E-state index in [9.17, 15) is 9.59 Å². The summed E-state index contributed by atoms with van der Waals surface area (Å²) in [5.74, 6) is -0.184. The summed E-state index contributed by atoms with van der Waals surface area (Å²) < 4.78 is 9.43. The van der Waals surface area contributed by atoms with Crippen molar-refractivity contribution in [3.63, 3.8) is 0 Å². The quantitative estimate of drug-likeness (QED) is 0.846. The number of hydrogen-bond donors (Lipinski definition) is 1. The highest BCUT2D eigenvalue weighted by atomic mass is 16.5. The Balaban J connectivity index is 2.10. The Morgan fingerprint density at radius 2 is 2.10 bits per heavy atom. The lowest BCUT2D eigenvalue weighted by Crippen LogP contribution is -2.17. The van der Waals surface area contributed by atoms with Crippen LogP contribution in [-0.4, -0.2) is 29.1 Å². The van der Waals surface area contributed by atoms with Crippen LogP contribution in [0.5, 0.6) is 0 Å². The average Bonchev–Trinajstić information content (AvgIpc) is 2.83. The van der Waals surface area contributed by atoms with Gasteiger partial charge >= 0.3 is 5.97 Å². The molecule has 0 atom stereocenters. The minimum absolute atomic E-state index is 0.0349. The molecule has 1 aromatic heterocycles. The normalized spacial score (nSPS) is 10.1. The number of rotatable bonds is 4. The predicted molar refractivity (Wildman–Crippen MR) is 69.2 cm³/mol. The molecule has 0 saturated heterocycles. The number of anilines is 1. The molecule has 0 radical (unpaired) electrons. The summed E-state index contributed by atoms with van der Waals surface area (Å²) >= 11 is 0. The second-order valence-corrected chi connectivity index (χ2v) is 3.99. The van der Waals surface area contributed by atoms with Gasteiger partial charge in [-0.3, -0.25) is 4.79 Å². The minimum Gasteiger partial charge on any atom is -0.465 e. The van der Waals surface area contributed by atoms with Gasteiger partial charge in [0.05, 0.1) is 24.8 Å². The van der Waals surface area contributed by atoms with Crippen molar-refractivity contribution in [2.24, 2.45) is 0 Å². The summed E-state index contributed by atoms with van der Waals surface area (Å²) in [6.07, 6.45) is -0.0349. The number of esters is 1. The Hall–Kier alpha value is -2.70. The van der Waals surface area contributed by atoms with Gasteiger partial charge in [-0.15, -0.1) is 0 Å². The highest BCUT2D eigenvalue weighted by molar-refractivity contribution is 6.01. The van der Waals surface area contributed by atoms with E-state index < -0.39 is 5.97 Å². The number of benzene rings is 1. The Labute approximate surface area is 114 Å². The van der Waals surface area contributed by atoms with E-state index in [4.69, 9.17) is 4.52 Å². The van der Waals surface area contributed by atoms with Crippen molar-refractivity contribution < 1.29 is 18.8 Å². The number of carbonyl (C=O) groups excluding carboxylic acids is 2. The maximum atomic E-state index is 11.9. The van der Waals surface area contributed by atoms with Gasteiger partial charge in [0, 0.05) is 6.92 Å². The first-order chi connectivity index (χ1) is 9.60. The van der Waals surface area contributed by atoms with E-state index >= 15 is 0 Å². The number of amides is 1. The maximum absolute atomic E-state index is 11.9. The molecule has 0 spiro atoms. The topological polar surface area (TPSA) is 94.3 Å². The molecule has 0 fully saturated rings. The second kappa shape index (κ2) is 5.96. The van der Waals surface area contributed by atoms with E-state index in [1.54, 1.807) is 31.2 Å². The zero-order chi connectivity index (χ0) is 14.5. The van der Waals surface area contributed by atoms with Crippen molar-refractivity contribution in [2.75, 3.05) is 12.4 Å². The number of aromatic nitrogens is 2. The first-order valence-electron chi connectivity index (χ1n) is 5.86. The van der Waals surface area contributed by atoms with Crippen molar-refractivity contribution in [3.8, 4) is 0 Å². The molecule has 0 aliphatic carbocycles. The van der Waals surface area contributed by atoms with Crippen LogP contribution in [-0.2, 0) is 16.0 Å². The van der Waals surface area contributed by atoms with Crippen LogP contribution < -0.4 is 5.32 Å². The standard InChI is InChI=1S/C13H13N3O4/c1-8-14-11(16-20-8)7-12(17)15-10-6-4-3-5-9(10)13(18)19-2/h3-6H,7H2,1-2H3,(H,15,17). The monoisotopic (exact) mass is 275 g/mol. The molecule has 7 nitrogen and oxygen atoms in total. The van der Waals surface area contributed by atoms with Crippen molar-refractivity contribution in [1.29, 1.82) is 0 Å². The molecule has 1 amide bonds. The van der Waals surface area contributed by atoms with E-state index in [-0.39, 0.29) is 23.7 Å². The van der Waals surface area contributed by atoms with E-state index in [1.807, 2.05) is 0 Å². The van der Waals surface area contributed by atoms with Crippen LogP contribution >= 0.6 is 0 Å². The third-order valence-electron chi connectivity index (χ3n) is 2.49. The zero-order valence-corrected chi connectivity index (χ0v) is 11.0. The third-order valence-corrected chi connectivity index (χ3v) is 2.49. The molecule has 1 heterocycles. The summed E-state index contributed by atoms with van der Waals surface area (Å²) in [7, 11) is 1.28. The number of methoxy groups -OCH3 is 1. The molecule has 0 aliphatic rings. The van der Waals surface area contributed by atoms with Crippen LogP contribution in [0.3, 0.4) is 0 Å². The number of nitrogens with zero attached hydrogens (tertiary/aromatic N) is 2. The molecule has 0 bridgehead atoms. The van der Waals surface area contributed by atoms with Crippen molar-refractivity contribution in [2.45, 2.75) is 13.3 Å². The molecule has 1 aromatic carbocycles. The molecule has 7 heteroatoms. The Kier molecular flexibility index (Phi) is 4.09. The van der Waals surface area contributed by atoms with Crippen LogP contribution in [0.4, 0.5) is 5.69 Å². The minimum atomic E-state index is -0.517. The number of aryl methyl sites for hydroxylation is 1. The van der Waals surface area contributed by atoms with Gasteiger partial charge in [0.15, 0.2) is 5.82 Å². The van der Waals surface area contributed by atoms with Crippen molar-refractivity contribution >= 4 is 17.6 Å². The predicted octanol–water partition coefficient (Wildman–Crippen LogP) is 1.35. The van der Waals surface area contributed by atoms with Gasteiger partial charge in [-0.2, -0.15) is 4.98 Å². The zero-order valence-electron chi connectivity index (χ0n) is 11.0.